The van der Waals surface area contributed by atoms with Crippen LogP contribution in [0.1, 0.15) is 73.2 Å². The molecular formula is C23H31NO6S. The van der Waals surface area contributed by atoms with Crippen LogP contribution in [-0.4, -0.2) is 41.8 Å². The number of anilines is 1. The third-order valence-electron chi connectivity index (χ3n) is 7.10. The summed E-state index contributed by atoms with van der Waals surface area (Å²) in [5, 5.41) is 14.0. The van der Waals surface area contributed by atoms with Gasteiger partial charge in [0, 0.05) is 4.88 Å². The molecule has 1 aromatic heterocycles. The quantitative estimate of drug-likeness (QED) is 0.617. The highest BCUT2D eigenvalue weighted by Gasteiger charge is 2.60. The topological polar surface area (TPSA) is 102 Å². The summed E-state index contributed by atoms with van der Waals surface area (Å²) in [6.07, 6.45) is 5.27. The summed E-state index contributed by atoms with van der Waals surface area (Å²) in [6.45, 7) is 5.40. The van der Waals surface area contributed by atoms with E-state index < -0.39 is 29.5 Å². The Balaban J connectivity index is 1.41. The molecule has 4 fully saturated rings. The van der Waals surface area contributed by atoms with Crippen LogP contribution >= 0.6 is 11.3 Å². The summed E-state index contributed by atoms with van der Waals surface area (Å²) in [5.74, 6) is -0.601. The molecule has 2 unspecified atom stereocenters. The number of rotatable bonds is 7. The Labute approximate surface area is 186 Å². The lowest BCUT2D eigenvalue weighted by molar-refractivity contribution is -0.196. The van der Waals surface area contributed by atoms with Gasteiger partial charge in [-0.1, -0.05) is 6.92 Å². The highest BCUT2D eigenvalue weighted by Crippen LogP contribution is 2.61. The van der Waals surface area contributed by atoms with E-state index in [0.717, 1.165) is 49.0 Å². The van der Waals surface area contributed by atoms with Crippen molar-refractivity contribution in [2.45, 2.75) is 71.3 Å². The van der Waals surface area contributed by atoms with Crippen LogP contribution in [0.5, 0.6) is 0 Å². The maximum atomic E-state index is 13.0. The lowest BCUT2D eigenvalue weighted by Gasteiger charge is -2.58. The molecule has 2 N–H and O–H groups in total. The molecule has 1 amide bonds. The first-order valence-electron chi connectivity index (χ1n) is 11.2. The van der Waals surface area contributed by atoms with Gasteiger partial charge in [0.05, 0.1) is 23.2 Å². The summed E-state index contributed by atoms with van der Waals surface area (Å²) in [6, 6.07) is 0. The van der Waals surface area contributed by atoms with E-state index in [1.807, 2.05) is 13.8 Å². The van der Waals surface area contributed by atoms with Gasteiger partial charge >= 0.3 is 11.9 Å². The number of hydrogen-bond acceptors (Lipinski definition) is 7. The van der Waals surface area contributed by atoms with Gasteiger partial charge < -0.3 is 19.9 Å². The standard InChI is InChI=1S/C23H31NO6S/c1-4-16-13(3)18(20(26)29-5-2)19(31-16)24-17(25)11-30-21(27)22-7-14-6-15(8-22)10-23(28,9-14)12-22/h14-15,28H,4-12H2,1-3H3,(H,24,25). The molecular weight excluding hydrogens is 418 g/mol. The number of aliphatic hydroxyl groups is 1. The Bertz CT molecular complexity index is 892. The van der Waals surface area contributed by atoms with Crippen molar-refractivity contribution in [3.63, 3.8) is 0 Å². The molecule has 7 nitrogen and oxygen atoms in total. The van der Waals surface area contributed by atoms with E-state index in [0.29, 0.717) is 28.8 Å². The third kappa shape index (κ3) is 4.12. The number of carbonyl (C=O) groups is 3. The molecule has 4 aliphatic rings. The number of esters is 2. The number of ether oxygens (including phenoxy) is 2. The van der Waals surface area contributed by atoms with Crippen LogP contribution in [0.2, 0.25) is 0 Å². The van der Waals surface area contributed by atoms with Crippen LogP contribution < -0.4 is 5.32 Å². The van der Waals surface area contributed by atoms with Crippen LogP contribution in [-0.2, 0) is 25.5 Å². The first kappa shape index (κ1) is 22.3. The van der Waals surface area contributed by atoms with Crippen LogP contribution in [0.15, 0.2) is 0 Å². The summed E-state index contributed by atoms with van der Waals surface area (Å²) >= 11 is 1.34. The Morgan fingerprint density at radius 3 is 2.39 bits per heavy atom. The van der Waals surface area contributed by atoms with Crippen molar-refractivity contribution in [2.24, 2.45) is 17.3 Å². The van der Waals surface area contributed by atoms with Gasteiger partial charge in [0.15, 0.2) is 6.61 Å². The van der Waals surface area contributed by atoms with Crippen molar-refractivity contribution < 1.29 is 29.0 Å². The Morgan fingerprint density at radius 1 is 1.13 bits per heavy atom. The maximum absolute atomic E-state index is 13.0. The second-order valence-electron chi connectivity index (χ2n) is 9.52. The predicted octanol–water partition coefficient (Wildman–Crippen LogP) is 3.61. The van der Waals surface area contributed by atoms with E-state index in [4.69, 9.17) is 9.47 Å². The fourth-order valence-electron chi connectivity index (χ4n) is 6.33. The minimum absolute atomic E-state index is 0.247. The molecule has 8 heteroatoms. The number of aryl methyl sites for hydroxylation is 1. The highest BCUT2D eigenvalue weighted by molar-refractivity contribution is 7.17. The number of thiophene rings is 1. The Kier molecular flexibility index (Phi) is 5.89. The molecule has 4 aliphatic carbocycles. The van der Waals surface area contributed by atoms with Crippen LogP contribution in [0.4, 0.5) is 5.00 Å². The van der Waals surface area contributed by atoms with Gasteiger partial charge in [-0.2, -0.15) is 0 Å². The minimum Gasteiger partial charge on any atom is -0.462 e. The molecule has 4 saturated carbocycles. The van der Waals surface area contributed by atoms with E-state index >= 15 is 0 Å². The Hall–Kier alpha value is -1.93. The molecule has 5 rings (SSSR count). The van der Waals surface area contributed by atoms with Gasteiger partial charge in [0.25, 0.3) is 5.91 Å². The van der Waals surface area contributed by atoms with E-state index in [9.17, 15) is 19.5 Å². The van der Waals surface area contributed by atoms with E-state index in [1.54, 1.807) is 6.92 Å². The molecule has 2 atom stereocenters. The van der Waals surface area contributed by atoms with Gasteiger partial charge in [0.1, 0.15) is 5.00 Å². The number of hydrogen-bond donors (Lipinski definition) is 2. The van der Waals surface area contributed by atoms with Gasteiger partial charge in [0.2, 0.25) is 0 Å². The maximum Gasteiger partial charge on any atom is 0.341 e. The van der Waals surface area contributed by atoms with Gasteiger partial charge in [-0.3, -0.25) is 9.59 Å². The van der Waals surface area contributed by atoms with Gasteiger partial charge in [-0.15, -0.1) is 11.3 Å². The molecule has 4 bridgehead atoms. The zero-order chi connectivity index (χ0) is 22.4. The zero-order valence-electron chi connectivity index (χ0n) is 18.4. The zero-order valence-corrected chi connectivity index (χ0v) is 19.2. The summed E-state index contributed by atoms with van der Waals surface area (Å²) < 4.78 is 10.6. The molecule has 170 valence electrons. The van der Waals surface area contributed by atoms with Crippen molar-refractivity contribution >= 4 is 34.2 Å². The lowest BCUT2D eigenvalue weighted by Crippen LogP contribution is -2.58. The molecule has 1 aromatic rings. The van der Waals surface area contributed by atoms with Crippen molar-refractivity contribution in [3.8, 4) is 0 Å². The number of carbonyl (C=O) groups excluding carboxylic acids is 3. The third-order valence-corrected chi connectivity index (χ3v) is 8.45. The van der Waals surface area contributed by atoms with Gasteiger partial charge in [-0.05, 0) is 76.2 Å². The summed E-state index contributed by atoms with van der Waals surface area (Å²) in [7, 11) is 0. The molecule has 0 aliphatic heterocycles. The Morgan fingerprint density at radius 2 is 1.81 bits per heavy atom. The van der Waals surface area contributed by atoms with Crippen LogP contribution in [0.25, 0.3) is 0 Å². The second kappa shape index (κ2) is 8.20. The fraction of sp³-hybridized carbons (Fsp3) is 0.696. The number of nitrogens with one attached hydrogen (secondary N) is 1. The first-order chi connectivity index (χ1) is 14.7. The van der Waals surface area contributed by atoms with Gasteiger partial charge in [-0.25, -0.2) is 4.79 Å². The predicted molar refractivity (Wildman–Crippen MR) is 116 cm³/mol. The SMILES string of the molecule is CCOC(=O)c1c(NC(=O)COC(=O)C23CC4CC(CC(O)(C4)C2)C3)sc(CC)c1C. The largest absolute Gasteiger partial charge is 0.462 e. The van der Waals surface area contributed by atoms with Crippen molar-refractivity contribution in [3.05, 3.63) is 16.0 Å². The average molecular weight is 450 g/mol. The summed E-state index contributed by atoms with van der Waals surface area (Å²) in [4.78, 5) is 38.9. The molecule has 0 saturated heterocycles. The minimum atomic E-state index is -0.759. The first-order valence-corrected chi connectivity index (χ1v) is 12.0. The smallest absolute Gasteiger partial charge is 0.341 e. The average Bonchev–Trinajstić information content (AvgIpc) is 2.99. The molecule has 31 heavy (non-hydrogen) atoms. The molecule has 1 heterocycles. The van der Waals surface area contributed by atoms with Crippen molar-refractivity contribution in [1.29, 1.82) is 0 Å². The molecule has 0 spiro atoms. The van der Waals surface area contributed by atoms with Crippen LogP contribution in [0.3, 0.4) is 0 Å². The van der Waals surface area contributed by atoms with E-state index in [2.05, 4.69) is 5.32 Å². The van der Waals surface area contributed by atoms with Crippen LogP contribution in [0, 0.1) is 24.2 Å². The normalized spacial score (nSPS) is 30.8. The van der Waals surface area contributed by atoms with E-state index in [-0.39, 0.29) is 12.6 Å². The van der Waals surface area contributed by atoms with Crippen molar-refractivity contribution in [2.75, 3.05) is 18.5 Å². The number of amides is 1. The monoisotopic (exact) mass is 449 g/mol. The summed E-state index contributed by atoms with van der Waals surface area (Å²) in [5.41, 5.74) is -0.249. The fourth-order valence-corrected chi connectivity index (χ4v) is 7.48. The molecule has 0 radical (unpaired) electrons. The second-order valence-corrected chi connectivity index (χ2v) is 10.6. The molecule has 0 aromatic carbocycles. The highest BCUT2D eigenvalue weighted by atomic mass is 32.1. The van der Waals surface area contributed by atoms with Crippen molar-refractivity contribution in [1.82, 2.24) is 0 Å². The lowest BCUT2D eigenvalue weighted by atomic mass is 9.48. The van der Waals surface area contributed by atoms with E-state index in [1.165, 1.54) is 11.3 Å².